The molecule has 0 saturated carbocycles. The van der Waals surface area contributed by atoms with E-state index < -0.39 is 10.0 Å². The number of piperidine rings is 1. The Morgan fingerprint density at radius 1 is 1.25 bits per heavy atom. The molecule has 0 unspecified atom stereocenters. The van der Waals surface area contributed by atoms with Crippen molar-refractivity contribution in [3.8, 4) is 16.3 Å². The molecule has 2 aromatic heterocycles. The number of pyridine rings is 1. The summed E-state index contributed by atoms with van der Waals surface area (Å²) in [5, 5.41) is 4.46. The minimum absolute atomic E-state index is 0.216. The fraction of sp³-hybridized carbons (Fsp3) is 0.368. The highest BCUT2D eigenvalue weighted by Gasteiger charge is 2.25. The molecule has 1 aliphatic rings. The summed E-state index contributed by atoms with van der Waals surface area (Å²) in [6.07, 6.45) is 6.39. The van der Waals surface area contributed by atoms with E-state index in [1.54, 1.807) is 28.9 Å². The average Bonchev–Trinajstić information content (AvgIpc) is 3.11. The summed E-state index contributed by atoms with van der Waals surface area (Å²) >= 11 is 1.62. The molecule has 4 rings (SSSR count). The van der Waals surface area contributed by atoms with Crippen LogP contribution in [0.4, 0.5) is 5.69 Å². The van der Waals surface area contributed by atoms with Crippen molar-refractivity contribution in [3.63, 3.8) is 0 Å². The predicted molar refractivity (Wildman–Crippen MR) is 112 cm³/mol. The van der Waals surface area contributed by atoms with Crippen molar-refractivity contribution in [2.45, 2.75) is 18.9 Å². The van der Waals surface area contributed by atoms with Crippen molar-refractivity contribution in [2.24, 2.45) is 0 Å². The number of rotatable bonds is 5. The molecule has 1 aromatic carbocycles. The number of benzene rings is 1. The molecule has 3 aromatic rings. The van der Waals surface area contributed by atoms with Crippen molar-refractivity contribution in [1.82, 2.24) is 14.3 Å². The van der Waals surface area contributed by atoms with Gasteiger partial charge in [-0.05, 0) is 31.0 Å². The second-order valence-corrected chi connectivity index (χ2v) is 9.87. The van der Waals surface area contributed by atoms with E-state index in [4.69, 9.17) is 9.72 Å². The van der Waals surface area contributed by atoms with Crippen LogP contribution in [0.2, 0.25) is 0 Å². The summed E-state index contributed by atoms with van der Waals surface area (Å²) in [6.45, 7) is 1.08. The van der Waals surface area contributed by atoms with E-state index in [1.165, 1.54) is 6.26 Å². The molecule has 1 saturated heterocycles. The minimum Gasteiger partial charge on any atom is -0.497 e. The highest BCUT2D eigenvalue weighted by molar-refractivity contribution is 7.88. The van der Waals surface area contributed by atoms with Gasteiger partial charge in [-0.25, -0.2) is 17.7 Å². The van der Waals surface area contributed by atoms with Gasteiger partial charge >= 0.3 is 0 Å². The van der Waals surface area contributed by atoms with Gasteiger partial charge < -0.3 is 10.1 Å². The molecule has 1 aliphatic heterocycles. The lowest BCUT2D eigenvalue weighted by Gasteiger charge is -2.31. The van der Waals surface area contributed by atoms with Crippen LogP contribution in [-0.2, 0) is 10.0 Å². The van der Waals surface area contributed by atoms with Crippen molar-refractivity contribution < 1.29 is 13.2 Å². The summed E-state index contributed by atoms with van der Waals surface area (Å²) in [5.74, 6) is 0.784. The number of sulfonamides is 1. The molecule has 7 nitrogen and oxygen atoms in total. The topological polar surface area (TPSA) is 84.4 Å². The molecule has 0 atom stereocenters. The Balaban J connectivity index is 1.56. The Morgan fingerprint density at radius 2 is 2.04 bits per heavy atom. The average molecular weight is 419 g/mol. The van der Waals surface area contributed by atoms with Crippen LogP contribution in [0.3, 0.4) is 0 Å². The van der Waals surface area contributed by atoms with Gasteiger partial charge in [0.05, 0.1) is 29.1 Å². The summed E-state index contributed by atoms with van der Waals surface area (Å²) in [6, 6.07) is 8.04. The number of hydrogen-bond acceptors (Lipinski definition) is 7. The first kappa shape index (κ1) is 19.1. The molecule has 0 aliphatic carbocycles. The molecule has 0 spiro atoms. The number of aromatic nitrogens is 2. The van der Waals surface area contributed by atoms with Crippen molar-refractivity contribution in [2.75, 3.05) is 31.8 Å². The van der Waals surface area contributed by atoms with Crippen LogP contribution in [0.25, 0.3) is 20.8 Å². The summed E-state index contributed by atoms with van der Waals surface area (Å²) < 4.78 is 31.3. The number of hydrogen-bond donors (Lipinski definition) is 1. The summed E-state index contributed by atoms with van der Waals surface area (Å²) in [5.41, 5.74) is 2.82. The molecule has 0 amide bonds. The van der Waals surface area contributed by atoms with Crippen LogP contribution >= 0.6 is 11.3 Å². The van der Waals surface area contributed by atoms with Crippen LogP contribution < -0.4 is 10.1 Å². The fourth-order valence-electron chi connectivity index (χ4n) is 3.39. The third kappa shape index (κ3) is 3.96. The maximum atomic E-state index is 11.7. The number of fused-ring (bicyclic) bond motifs is 1. The van der Waals surface area contributed by atoms with E-state index in [0.717, 1.165) is 45.1 Å². The standard InChI is InChI=1S/C19H22N4O3S2/c1-26-14-3-4-18-17(11-14)22-19(27-18)15-12-20-8-5-16(15)21-13-6-9-23(10-7-13)28(2,24)25/h3-5,8,11-13H,6-7,9-10H2,1-2H3,(H,20,21). The number of thiazole rings is 1. The van der Waals surface area contributed by atoms with Gasteiger partial charge in [-0.15, -0.1) is 11.3 Å². The van der Waals surface area contributed by atoms with Crippen LogP contribution in [0.5, 0.6) is 5.75 Å². The number of ether oxygens (including phenoxy) is 1. The lowest BCUT2D eigenvalue weighted by molar-refractivity contribution is 0.332. The van der Waals surface area contributed by atoms with E-state index >= 15 is 0 Å². The number of anilines is 1. The molecular weight excluding hydrogens is 396 g/mol. The van der Waals surface area contributed by atoms with Gasteiger partial charge in [-0.1, -0.05) is 0 Å². The van der Waals surface area contributed by atoms with Gasteiger partial charge in [0.25, 0.3) is 0 Å². The Labute approximate surface area is 168 Å². The van der Waals surface area contributed by atoms with Crippen molar-refractivity contribution in [3.05, 3.63) is 36.7 Å². The smallest absolute Gasteiger partial charge is 0.211 e. The molecule has 3 heterocycles. The van der Waals surface area contributed by atoms with Crippen LogP contribution in [0, 0.1) is 0 Å². The molecule has 0 radical (unpaired) electrons. The minimum atomic E-state index is -3.12. The van der Waals surface area contributed by atoms with Gasteiger partial charge in [-0.3, -0.25) is 4.98 Å². The number of nitrogens with zero attached hydrogens (tertiary/aromatic N) is 3. The maximum Gasteiger partial charge on any atom is 0.211 e. The van der Waals surface area contributed by atoms with Crippen LogP contribution in [-0.4, -0.2) is 55.2 Å². The zero-order chi connectivity index (χ0) is 19.7. The molecule has 9 heteroatoms. The third-order valence-corrected chi connectivity index (χ3v) is 7.30. The van der Waals surface area contributed by atoms with Gasteiger partial charge in [0.1, 0.15) is 10.8 Å². The lowest BCUT2D eigenvalue weighted by atomic mass is 10.1. The lowest BCUT2D eigenvalue weighted by Crippen LogP contribution is -2.41. The molecular formula is C19H22N4O3S2. The van der Waals surface area contributed by atoms with E-state index in [1.807, 2.05) is 30.5 Å². The van der Waals surface area contributed by atoms with Gasteiger partial charge in [-0.2, -0.15) is 0 Å². The van der Waals surface area contributed by atoms with Gasteiger partial charge in [0.2, 0.25) is 10.0 Å². The quantitative estimate of drug-likeness (QED) is 0.685. The van der Waals surface area contributed by atoms with E-state index in [9.17, 15) is 8.42 Å². The zero-order valence-electron chi connectivity index (χ0n) is 15.8. The second kappa shape index (κ2) is 7.65. The highest BCUT2D eigenvalue weighted by atomic mass is 32.2. The van der Waals surface area contributed by atoms with Crippen LogP contribution in [0.15, 0.2) is 36.7 Å². The first-order valence-electron chi connectivity index (χ1n) is 9.04. The Bertz CT molecular complexity index is 1090. The monoisotopic (exact) mass is 418 g/mol. The Kier molecular flexibility index (Phi) is 5.22. The van der Waals surface area contributed by atoms with E-state index in [2.05, 4.69) is 10.3 Å². The second-order valence-electron chi connectivity index (χ2n) is 6.85. The highest BCUT2D eigenvalue weighted by Crippen LogP contribution is 2.35. The Hall–Kier alpha value is -2.23. The SMILES string of the molecule is COc1ccc2sc(-c3cnccc3NC3CCN(S(C)(=O)=O)CC3)nc2c1. The molecule has 0 bridgehead atoms. The summed E-state index contributed by atoms with van der Waals surface area (Å²) in [7, 11) is -1.47. The van der Waals surface area contributed by atoms with Crippen LogP contribution in [0.1, 0.15) is 12.8 Å². The number of methoxy groups -OCH3 is 1. The largest absolute Gasteiger partial charge is 0.497 e. The normalized spacial score (nSPS) is 16.4. The predicted octanol–water partition coefficient (Wildman–Crippen LogP) is 3.20. The molecule has 28 heavy (non-hydrogen) atoms. The van der Waals surface area contributed by atoms with Crippen molar-refractivity contribution in [1.29, 1.82) is 0 Å². The molecule has 1 N–H and O–H groups in total. The van der Waals surface area contributed by atoms with Gasteiger partial charge in [0.15, 0.2) is 0 Å². The maximum absolute atomic E-state index is 11.7. The number of nitrogens with one attached hydrogen (secondary N) is 1. The zero-order valence-corrected chi connectivity index (χ0v) is 17.4. The first-order chi connectivity index (χ1) is 13.4. The van der Waals surface area contributed by atoms with Gasteiger partial charge in [0, 0.05) is 43.3 Å². The molecule has 1 fully saturated rings. The van der Waals surface area contributed by atoms with E-state index in [-0.39, 0.29) is 6.04 Å². The van der Waals surface area contributed by atoms with Crippen molar-refractivity contribution >= 4 is 37.3 Å². The molecule has 148 valence electrons. The first-order valence-corrected chi connectivity index (χ1v) is 11.7. The third-order valence-electron chi connectivity index (χ3n) is 4.93. The van der Waals surface area contributed by atoms with E-state index in [0.29, 0.717) is 13.1 Å². The Morgan fingerprint density at radius 3 is 2.75 bits per heavy atom. The summed E-state index contributed by atoms with van der Waals surface area (Å²) in [4.78, 5) is 9.04. The fourth-order valence-corrected chi connectivity index (χ4v) is 5.24.